The van der Waals surface area contributed by atoms with Gasteiger partial charge in [0.2, 0.25) is 0 Å². The van der Waals surface area contributed by atoms with Crippen molar-refractivity contribution in [2.24, 2.45) is 4.99 Å². The maximum absolute atomic E-state index is 14.5. The molecule has 0 atom stereocenters. The van der Waals surface area contributed by atoms with Crippen LogP contribution in [0.5, 0.6) is 0 Å². The van der Waals surface area contributed by atoms with Crippen LogP contribution >= 0.6 is 0 Å². The van der Waals surface area contributed by atoms with Gasteiger partial charge in [-0.3, -0.25) is 9.69 Å². The number of carbonyl (C=O) groups excluding carboxylic acids is 2. The van der Waals surface area contributed by atoms with Crippen molar-refractivity contribution >= 4 is 17.7 Å². The molecule has 0 radical (unpaired) electrons. The van der Waals surface area contributed by atoms with Crippen LogP contribution in [0.2, 0.25) is 0 Å². The molecule has 4 aromatic rings. The van der Waals surface area contributed by atoms with E-state index in [1.807, 2.05) is 129 Å². The molecular formula is C37H38N2O3. The molecule has 1 heterocycles. The van der Waals surface area contributed by atoms with Gasteiger partial charge in [0.1, 0.15) is 11.4 Å². The Kier molecular flexibility index (Phi) is 8.39. The van der Waals surface area contributed by atoms with Gasteiger partial charge in [-0.2, -0.15) is 0 Å². The Morgan fingerprint density at radius 3 is 1.95 bits per heavy atom. The first-order chi connectivity index (χ1) is 20.2. The van der Waals surface area contributed by atoms with Crippen LogP contribution in [0.15, 0.2) is 114 Å². The lowest BCUT2D eigenvalue weighted by atomic mass is 9.83. The van der Waals surface area contributed by atoms with Crippen molar-refractivity contribution in [2.45, 2.75) is 64.6 Å². The molecule has 0 fully saturated rings. The van der Waals surface area contributed by atoms with Gasteiger partial charge in [-0.15, -0.1) is 0 Å². The third kappa shape index (κ3) is 5.91. The molecule has 0 saturated heterocycles. The van der Waals surface area contributed by atoms with E-state index in [1.165, 1.54) is 0 Å². The fraction of sp³-hybridized carbons (Fsp3) is 0.270. The first kappa shape index (κ1) is 29.0. The molecule has 5 nitrogen and oxygen atoms in total. The van der Waals surface area contributed by atoms with Crippen molar-refractivity contribution in [1.82, 2.24) is 4.90 Å². The summed E-state index contributed by atoms with van der Waals surface area (Å²) in [6, 6.07) is 35.3. The van der Waals surface area contributed by atoms with Crippen molar-refractivity contribution in [3.05, 3.63) is 131 Å². The molecule has 0 aromatic heterocycles. The van der Waals surface area contributed by atoms with Crippen LogP contribution < -0.4 is 0 Å². The molecule has 4 aromatic carbocycles. The molecule has 42 heavy (non-hydrogen) atoms. The standard InChI is InChI=1S/C37H38N2O3/c1-5-6-21-33-38-37(29-15-9-7-10-16-29,30-17-11-8-12-18-30)35(41)39(33)26-27-22-24-28(25-23-27)31-19-13-14-20-32(31)34(40)42-36(2,3)4/h7-20,22-25H,5-6,21,26H2,1-4H3. The number of carbonyl (C=O) groups is 2. The van der Waals surface area contributed by atoms with Gasteiger partial charge in [0, 0.05) is 6.42 Å². The number of rotatable bonds is 9. The van der Waals surface area contributed by atoms with E-state index in [1.54, 1.807) is 6.07 Å². The van der Waals surface area contributed by atoms with Gasteiger partial charge in [0.05, 0.1) is 12.1 Å². The Balaban J connectivity index is 1.48. The Bertz CT molecular complexity index is 1530. The van der Waals surface area contributed by atoms with Crippen molar-refractivity contribution in [3.8, 4) is 11.1 Å². The zero-order valence-corrected chi connectivity index (χ0v) is 24.8. The summed E-state index contributed by atoms with van der Waals surface area (Å²) in [6.45, 7) is 8.16. The molecule has 0 N–H and O–H groups in total. The Hall–Kier alpha value is -4.51. The summed E-state index contributed by atoms with van der Waals surface area (Å²) in [4.78, 5) is 34.5. The first-order valence-corrected chi connectivity index (χ1v) is 14.7. The second kappa shape index (κ2) is 12.2. The fourth-order valence-electron chi connectivity index (χ4n) is 5.42. The lowest BCUT2D eigenvalue weighted by Gasteiger charge is -2.27. The average Bonchev–Trinajstić information content (AvgIpc) is 3.28. The highest BCUT2D eigenvalue weighted by molar-refractivity contribution is 6.10. The zero-order valence-electron chi connectivity index (χ0n) is 24.8. The van der Waals surface area contributed by atoms with Gasteiger partial charge in [-0.05, 0) is 61.1 Å². The van der Waals surface area contributed by atoms with Crippen LogP contribution in [0.1, 0.15) is 74.0 Å². The Morgan fingerprint density at radius 1 is 0.810 bits per heavy atom. The van der Waals surface area contributed by atoms with E-state index in [2.05, 4.69) is 6.92 Å². The SMILES string of the molecule is CCCCC1=NC(c2ccccc2)(c2ccccc2)C(=O)N1Cc1ccc(-c2ccccc2C(=O)OC(C)(C)C)cc1. The number of amidine groups is 1. The van der Waals surface area contributed by atoms with Crippen molar-refractivity contribution in [2.75, 3.05) is 0 Å². The summed E-state index contributed by atoms with van der Waals surface area (Å²) in [5.74, 6) is 0.430. The van der Waals surface area contributed by atoms with E-state index in [0.717, 1.165) is 52.9 Å². The number of unbranched alkanes of at least 4 members (excludes halogenated alkanes) is 1. The number of benzene rings is 4. The zero-order chi connectivity index (χ0) is 29.7. The largest absolute Gasteiger partial charge is 0.456 e. The Labute approximate surface area is 248 Å². The predicted molar refractivity (Wildman–Crippen MR) is 168 cm³/mol. The minimum absolute atomic E-state index is 0.0367. The van der Waals surface area contributed by atoms with E-state index in [0.29, 0.717) is 12.1 Å². The second-order valence-electron chi connectivity index (χ2n) is 11.7. The summed E-state index contributed by atoms with van der Waals surface area (Å²) in [6.07, 6.45) is 2.68. The summed E-state index contributed by atoms with van der Waals surface area (Å²) in [5.41, 5.74) is 3.28. The van der Waals surface area contributed by atoms with E-state index in [-0.39, 0.29) is 11.9 Å². The summed E-state index contributed by atoms with van der Waals surface area (Å²) in [7, 11) is 0. The minimum Gasteiger partial charge on any atom is -0.456 e. The van der Waals surface area contributed by atoms with E-state index in [9.17, 15) is 9.59 Å². The number of nitrogens with zero attached hydrogens (tertiary/aromatic N) is 2. The molecule has 214 valence electrons. The van der Waals surface area contributed by atoms with Crippen LogP contribution in [0, 0.1) is 0 Å². The van der Waals surface area contributed by atoms with E-state index in [4.69, 9.17) is 9.73 Å². The maximum Gasteiger partial charge on any atom is 0.339 e. The number of aliphatic imine (C=N–C) groups is 1. The lowest BCUT2D eigenvalue weighted by molar-refractivity contribution is -0.130. The first-order valence-electron chi connectivity index (χ1n) is 14.7. The molecule has 5 rings (SSSR count). The molecule has 0 saturated carbocycles. The predicted octanol–water partition coefficient (Wildman–Crippen LogP) is 8.18. The van der Waals surface area contributed by atoms with Crippen molar-refractivity contribution < 1.29 is 14.3 Å². The molecule has 0 aliphatic carbocycles. The van der Waals surface area contributed by atoms with Gasteiger partial charge in [-0.25, -0.2) is 9.79 Å². The molecule has 1 aliphatic heterocycles. The van der Waals surface area contributed by atoms with Crippen LogP contribution in [0.3, 0.4) is 0 Å². The number of esters is 1. The van der Waals surface area contributed by atoms with Crippen LogP contribution in [-0.2, 0) is 21.6 Å². The smallest absolute Gasteiger partial charge is 0.339 e. The summed E-state index contributed by atoms with van der Waals surface area (Å²) < 4.78 is 5.65. The van der Waals surface area contributed by atoms with Crippen molar-refractivity contribution in [3.63, 3.8) is 0 Å². The molecule has 0 bridgehead atoms. The molecule has 0 unspecified atom stereocenters. The van der Waals surface area contributed by atoms with Gasteiger partial charge >= 0.3 is 5.97 Å². The van der Waals surface area contributed by atoms with Gasteiger partial charge in [0.15, 0.2) is 5.54 Å². The monoisotopic (exact) mass is 558 g/mol. The minimum atomic E-state index is -1.11. The third-order valence-corrected chi connectivity index (χ3v) is 7.45. The van der Waals surface area contributed by atoms with E-state index < -0.39 is 11.1 Å². The number of amides is 1. The highest BCUT2D eigenvalue weighted by atomic mass is 16.6. The number of hydrogen-bond acceptors (Lipinski definition) is 4. The van der Waals surface area contributed by atoms with E-state index >= 15 is 0 Å². The topological polar surface area (TPSA) is 59.0 Å². The fourth-order valence-corrected chi connectivity index (χ4v) is 5.42. The molecule has 0 spiro atoms. The molecule has 5 heteroatoms. The quantitative estimate of drug-likeness (QED) is 0.195. The Morgan fingerprint density at radius 2 is 1.38 bits per heavy atom. The molecular weight excluding hydrogens is 520 g/mol. The van der Waals surface area contributed by atoms with Crippen LogP contribution in [0.4, 0.5) is 0 Å². The highest BCUT2D eigenvalue weighted by Gasteiger charge is 2.50. The normalized spacial score (nSPS) is 14.5. The molecule has 1 aliphatic rings. The van der Waals surface area contributed by atoms with Crippen LogP contribution in [0.25, 0.3) is 11.1 Å². The van der Waals surface area contributed by atoms with Gasteiger partial charge in [-0.1, -0.05) is 116 Å². The van der Waals surface area contributed by atoms with Gasteiger partial charge in [0.25, 0.3) is 5.91 Å². The molecule has 1 amide bonds. The lowest BCUT2D eigenvalue weighted by Crippen LogP contribution is -2.41. The van der Waals surface area contributed by atoms with Gasteiger partial charge < -0.3 is 4.74 Å². The highest BCUT2D eigenvalue weighted by Crippen LogP contribution is 2.41. The van der Waals surface area contributed by atoms with Crippen LogP contribution in [-0.4, -0.2) is 28.2 Å². The third-order valence-electron chi connectivity index (χ3n) is 7.45. The maximum atomic E-state index is 14.5. The van der Waals surface area contributed by atoms with Crippen molar-refractivity contribution in [1.29, 1.82) is 0 Å². The second-order valence-corrected chi connectivity index (χ2v) is 11.7. The summed E-state index contributed by atoms with van der Waals surface area (Å²) >= 11 is 0. The number of hydrogen-bond donors (Lipinski definition) is 0. The summed E-state index contributed by atoms with van der Waals surface area (Å²) in [5, 5.41) is 0. The number of ether oxygens (including phenoxy) is 1. The average molecular weight is 559 g/mol.